The molecule has 0 aliphatic carbocycles. The Morgan fingerprint density at radius 3 is 2.95 bits per heavy atom. The van der Waals surface area contributed by atoms with E-state index in [4.69, 9.17) is 9.84 Å². The Balaban J connectivity index is 2.04. The van der Waals surface area contributed by atoms with E-state index in [2.05, 4.69) is 10.3 Å². The van der Waals surface area contributed by atoms with Gasteiger partial charge >= 0.3 is 5.97 Å². The van der Waals surface area contributed by atoms with Crippen LogP contribution in [0.4, 0.5) is 0 Å². The maximum Gasteiger partial charge on any atom is 0.354 e. The molecule has 1 atom stereocenters. The average molecular weight is 307 g/mol. The topological polar surface area (TPSA) is 109 Å². The van der Waals surface area contributed by atoms with Crippen LogP contribution < -0.4 is 5.32 Å². The fraction of sp³-hybridized carbons (Fsp3) is 0.429. The predicted molar refractivity (Wildman–Crippen MR) is 75.5 cm³/mol. The van der Waals surface area contributed by atoms with Crippen molar-refractivity contribution in [2.75, 3.05) is 26.2 Å². The molecule has 0 aromatic carbocycles. The molecule has 2 heterocycles. The number of carboxylic acids is 1. The van der Waals surface area contributed by atoms with Crippen molar-refractivity contribution in [2.24, 2.45) is 0 Å². The van der Waals surface area contributed by atoms with E-state index in [9.17, 15) is 14.4 Å². The first-order chi connectivity index (χ1) is 10.5. The number of nitrogens with zero attached hydrogens (tertiary/aromatic N) is 2. The van der Waals surface area contributed by atoms with Crippen LogP contribution in [-0.4, -0.2) is 65.1 Å². The highest BCUT2D eigenvalue weighted by Crippen LogP contribution is 2.11. The first-order valence-electron chi connectivity index (χ1n) is 6.82. The van der Waals surface area contributed by atoms with Crippen LogP contribution in [-0.2, 0) is 9.53 Å². The standard InChI is InChI=1S/C14H17N3O5/c1-9(18)16-7-11-8-17(4-5-22-11)13(19)10-2-3-15-12(6-10)14(20)21/h2-3,6,11H,4-5,7-8H2,1H3,(H,16,18)(H,20,21). The Morgan fingerprint density at radius 2 is 2.27 bits per heavy atom. The van der Waals surface area contributed by atoms with Gasteiger partial charge in [-0.25, -0.2) is 9.78 Å². The summed E-state index contributed by atoms with van der Waals surface area (Å²) < 4.78 is 5.49. The molecule has 1 fully saturated rings. The molecular weight excluding hydrogens is 290 g/mol. The zero-order chi connectivity index (χ0) is 16.1. The summed E-state index contributed by atoms with van der Waals surface area (Å²) in [5.74, 6) is -1.62. The number of rotatable bonds is 4. The molecule has 8 nitrogen and oxygen atoms in total. The van der Waals surface area contributed by atoms with Crippen molar-refractivity contribution in [2.45, 2.75) is 13.0 Å². The van der Waals surface area contributed by atoms with Gasteiger partial charge in [-0.2, -0.15) is 0 Å². The third kappa shape index (κ3) is 4.01. The zero-order valence-corrected chi connectivity index (χ0v) is 12.1. The number of carbonyl (C=O) groups is 3. The van der Waals surface area contributed by atoms with Crippen LogP contribution in [0.5, 0.6) is 0 Å². The van der Waals surface area contributed by atoms with Crippen molar-refractivity contribution in [1.82, 2.24) is 15.2 Å². The molecule has 2 amide bonds. The lowest BCUT2D eigenvalue weighted by Gasteiger charge is -2.33. The summed E-state index contributed by atoms with van der Waals surface area (Å²) in [5.41, 5.74) is 0.0986. The van der Waals surface area contributed by atoms with Gasteiger partial charge in [-0.15, -0.1) is 0 Å². The Kier molecular flexibility index (Phi) is 5.05. The maximum absolute atomic E-state index is 12.4. The van der Waals surface area contributed by atoms with Crippen molar-refractivity contribution in [3.05, 3.63) is 29.6 Å². The maximum atomic E-state index is 12.4. The molecule has 2 N–H and O–H groups in total. The molecule has 1 saturated heterocycles. The summed E-state index contributed by atoms with van der Waals surface area (Å²) >= 11 is 0. The second-order valence-electron chi connectivity index (χ2n) is 4.92. The fourth-order valence-corrected chi connectivity index (χ4v) is 2.15. The summed E-state index contributed by atoms with van der Waals surface area (Å²) in [6.07, 6.45) is 1.02. The van der Waals surface area contributed by atoms with Crippen LogP contribution in [0.1, 0.15) is 27.8 Å². The van der Waals surface area contributed by atoms with E-state index in [1.807, 2.05) is 0 Å². The molecule has 118 valence electrons. The average Bonchev–Trinajstić information content (AvgIpc) is 2.52. The van der Waals surface area contributed by atoms with Crippen LogP contribution in [0.15, 0.2) is 18.3 Å². The molecule has 0 saturated carbocycles. The number of hydrogen-bond acceptors (Lipinski definition) is 5. The second kappa shape index (κ2) is 6.99. The quantitative estimate of drug-likeness (QED) is 0.794. The Labute approximate surface area is 127 Å². The summed E-state index contributed by atoms with van der Waals surface area (Å²) in [7, 11) is 0. The monoisotopic (exact) mass is 307 g/mol. The van der Waals surface area contributed by atoms with Gasteiger partial charge in [0, 0.05) is 38.3 Å². The Bertz CT molecular complexity index is 590. The lowest BCUT2D eigenvalue weighted by atomic mass is 10.1. The van der Waals surface area contributed by atoms with Crippen molar-refractivity contribution >= 4 is 17.8 Å². The fourth-order valence-electron chi connectivity index (χ4n) is 2.15. The molecule has 0 spiro atoms. The lowest BCUT2D eigenvalue weighted by Crippen LogP contribution is -2.49. The number of hydrogen-bond donors (Lipinski definition) is 2. The van der Waals surface area contributed by atoms with Crippen LogP contribution in [0, 0.1) is 0 Å². The Morgan fingerprint density at radius 1 is 1.50 bits per heavy atom. The van der Waals surface area contributed by atoms with Gasteiger partial charge in [0.25, 0.3) is 5.91 Å². The molecule has 22 heavy (non-hydrogen) atoms. The minimum atomic E-state index is -1.18. The minimum absolute atomic E-state index is 0.160. The first-order valence-corrected chi connectivity index (χ1v) is 6.82. The number of amides is 2. The van der Waals surface area contributed by atoms with E-state index in [1.165, 1.54) is 25.3 Å². The van der Waals surface area contributed by atoms with Gasteiger partial charge < -0.3 is 20.1 Å². The summed E-state index contributed by atoms with van der Waals surface area (Å²) in [4.78, 5) is 39.5. The number of carbonyl (C=O) groups excluding carboxylic acids is 2. The number of ether oxygens (including phenoxy) is 1. The van der Waals surface area contributed by atoms with E-state index in [0.717, 1.165) is 0 Å². The van der Waals surface area contributed by atoms with Gasteiger partial charge in [0.2, 0.25) is 5.91 Å². The normalized spacial score (nSPS) is 17.9. The van der Waals surface area contributed by atoms with Gasteiger partial charge in [0.15, 0.2) is 0 Å². The molecule has 8 heteroatoms. The van der Waals surface area contributed by atoms with E-state index < -0.39 is 5.97 Å². The summed E-state index contributed by atoms with van der Waals surface area (Å²) in [6.45, 7) is 2.86. The zero-order valence-electron chi connectivity index (χ0n) is 12.1. The van der Waals surface area contributed by atoms with Crippen LogP contribution >= 0.6 is 0 Å². The van der Waals surface area contributed by atoms with Gasteiger partial charge in [-0.1, -0.05) is 0 Å². The van der Waals surface area contributed by atoms with E-state index in [-0.39, 0.29) is 29.2 Å². The van der Waals surface area contributed by atoms with Crippen molar-refractivity contribution in [1.29, 1.82) is 0 Å². The summed E-state index contributed by atoms with van der Waals surface area (Å²) in [6, 6.07) is 2.73. The lowest BCUT2D eigenvalue weighted by molar-refractivity contribution is -0.120. The second-order valence-corrected chi connectivity index (χ2v) is 4.92. The van der Waals surface area contributed by atoms with Crippen molar-refractivity contribution in [3.8, 4) is 0 Å². The molecule has 2 rings (SSSR count). The number of morpholine rings is 1. The molecular formula is C14H17N3O5. The smallest absolute Gasteiger partial charge is 0.354 e. The summed E-state index contributed by atoms with van der Waals surface area (Å²) in [5, 5.41) is 11.6. The molecule has 1 aromatic heterocycles. The van der Waals surface area contributed by atoms with E-state index in [1.54, 1.807) is 4.90 Å². The van der Waals surface area contributed by atoms with Crippen LogP contribution in [0.2, 0.25) is 0 Å². The predicted octanol–water partition coefficient (Wildman–Crippen LogP) is -0.243. The van der Waals surface area contributed by atoms with Crippen molar-refractivity contribution in [3.63, 3.8) is 0 Å². The van der Waals surface area contributed by atoms with E-state index >= 15 is 0 Å². The largest absolute Gasteiger partial charge is 0.477 e. The highest BCUT2D eigenvalue weighted by atomic mass is 16.5. The number of aromatic carboxylic acids is 1. The highest BCUT2D eigenvalue weighted by molar-refractivity contribution is 5.96. The van der Waals surface area contributed by atoms with Gasteiger partial charge in [-0.3, -0.25) is 9.59 Å². The van der Waals surface area contributed by atoms with Gasteiger partial charge in [0.1, 0.15) is 5.69 Å². The third-order valence-electron chi connectivity index (χ3n) is 3.23. The van der Waals surface area contributed by atoms with Crippen LogP contribution in [0.3, 0.4) is 0 Å². The highest BCUT2D eigenvalue weighted by Gasteiger charge is 2.25. The molecule has 1 aromatic rings. The van der Waals surface area contributed by atoms with E-state index in [0.29, 0.717) is 26.2 Å². The van der Waals surface area contributed by atoms with Gasteiger partial charge in [0.05, 0.1) is 12.7 Å². The minimum Gasteiger partial charge on any atom is -0.477 e. The molecule has 1 aliphatic heterocycles. The number of aromatic nitrogens is 1. The molecule has 1 unspecified atom stereocenters. The van der Waals surface area contributed by atoms with Gasteiger partial charge in [-0.05, 0) is 12.1 Å². The Hall–Kier alpha value is -2.48. The third-order valence-corrected chi connectivity index (χ3v) is 3.23. The van der Waals surface area contributed by atoms with Crippen molar-refractivity contribution < 1.29 is 24.2 Å². The SMILES string of the molecule is CC(=O)NCC1CN(C(=O)c2ccnc(C(=O)O)c2)CCO1. The first kappa shape index (κ1) is 15.9. The number of nitrogens with one attached hydrogen (secondary N) is 1. The molecule has 0 bridgehead atoms. The number of carboxylic acid groups (broad SMARTS) is 1. The number of pyridine rings is 1. The molecule has 1 aliphatic rings. The molecule has 0 radical (unpaired) electrons. The van der Waals surface area contributed by atoms with Crippen LogP contribution in [0.25, 0.3) is 0 Å².